The quantitative estimate of drug-likeness (QED) is 0.700. The van der Waals surface area contributed by atoms with Gasteiger partial charge in [-0.3, -0.25) is 0 Å². The molecule has 0 saturated heterocycles. The fourth-order valence-electron chi connectivity index (χ4n) is 1.61. The number of benzene rings is 1. The highest BCUT2D eigenvalue weighted by Crippen LogP contribution is 2.00. The highest BCUT2D eigenvalue weighted by molar-refractivity contribution is 5.13. The van der Waals surface area contributed by atoms with Crippen LogP contribution in [0, 0.1) is 0 Å². The van der Waals surface area contributed by atoms with Gasteiger partial charge in [-0.05, 0) is 19.0 Å². The lowest BCUT2D eigenvalue weighted by molar-refractivity contribution is 0.0981. The van der Waals surface area contributed by atoms with E-state index in [9.17, 15) is 0 Å². The van der Waals surface area contributed by atoms with Crippen LogP contribution >= 0.6 is 0 Å². The van der Waals surface area contributed by atoms with E-state index in [0.717, 1.165) is 26.1 Å². The Bertz CT molecular complexity index is 290. The van der Waals surface area contributed by atoms with Crippen molar-refractivity contribution in [2.45, 2.75) is 26.0 Å². The minimum absolute atomic E-state index is 0.272. The Hall–Kier alpha value is -0.900. The van der Waals surface area contributed by atoms with Crippen molar-refractivity contribution in [2.75, 3.05) is 26.7 Å². The van der Waals surface area contributed by atoms with E-state index in [1.807, 2.05) is 18.2 Å². The maximum Gasteiger partial charge on any atom is 0.0717 e. The molecule has 96 valence electrons. The zero-order chi connectivity index (χ0) is 12.5. The van der Waals surface area contributed by atoms with Gasteiger partial charge in [-0.25, -0.2) is 0 Å². The normalized spacial score (nSPS) is 12.9. The summed E-state index contributed by atoms with van der Waals surface area (Å²) in [4.78, 5) is 2.22. The summed E-state index contributed by atoms with van der Waals surface area (Å²) in [5.41, 5.74) is 7.11. The average Bonchev–Trinajstić information content (AvgIpc) is 2.36. The molecular weight excluding hydrogens is 212 g/mol. The molecule has 17 heavy (non-hydrogen) atoms. The van der Waals surface area contributed by atoms with E-state index in [1.54, 1.807) is 0 Å². The molecule has 2 N–H and O–H groups in total. The lowest BCUT2D eigenvalue weighted by Crippen LogP contribution is -2.36. The molecule has 0 radical (unpaired) electrons. The van der Waals surface area contributed by atoms with Crippen LogP contribution in [0.3, 0.4) is 0 Å². The molecule has 0 aliphatic carbocycles. The summed E-state index contributed by atoms with van der Waals surface area (Å²) in [6.45, 7) is 5.42. The van der Waals surface area contributed by atoms with Crippen LogP contribution in [-0.2, 0) is 11.3 Å². The smallest absolute Gasteiger partial charge is 0.0717 e. The molecule has 0 fully saturated rings. The topological polar surface area (TPSA) is 38.5 Å². The first-order valence-corrected chi connectivity index (χ1v) is 6.28. The zero-order valence-electron chi connectivity index (χ0n) is 10.9. The summed E-state index contributed by atoms with van der Waals surface area (Å²) in [7, 11) is 2.08. The Labute approximate surface area is 105 Å². The fraction of sp³-hybridized carbons (Fsp3) is 0.571. The van der Waals surface area contributed by atoms with Crippen LogP contribution < -0.4 is 5.73 Å². The van der Waals surface area contributed by atoms with Crippen molar-refractivity contribution in [3.8, 4) is 0 Å². The minimum Gasteiger partial charge on any atom is -0.375 e. The molecule has 0 unspecified atom stereocenters. The third-order valence-electron chi connectivity index (χ3n) is 2.80. The van der Waals surface area contributed by atoms with Crippen LogP contribution in [0.25, 0.3) is 0 Å². The number of likely N-dealkylation sites (N-methyl/N-ethyl adjacent to an activating group) is 1. The van der Waals surface area contributed by atoms with Crippen LogP contribution in [0.4, 0.5) is 0 Å². The van der Waals surface area contributed by atoms with Gasteiger partial charge in [-0.2, -0.15) is 0 Å². The first-order valence-electron chi connectivity index (χ1n) is 6.28. The van der Waals surface area contributed by atoms with Gasteiger partial charge in [0, 0.05) is 19.1 Å². The molecule has 1 aromatic carbocycles. The van der Waals surface area contributed by atoms with Gasteiger partial charge in [0.25, 0.3) is 0 Å². The molecule has 0 saturated carbocycles. The van der Waals surface area contributed by atoms with E-state index in [1.165, 1.54) is 5.56 Å². The molecule has 0 aliphatic rings. The Morgan fingerprint density at radius 1 is 1.29 bits per heavy atom. The van der Waals surface area contributed by atoms with E-state index in [4.69, 9.17) is 10.5 Å². The van der Waals surface area contributed by atoms with E-state index < -0.39 is 0 Å². The summed E-state index contributed by atoms with van der Waals surface area (Å²) in [6.07, 6.45) is 1.02. The number of hydrogen-bond acceptors (Lipinski definition) is 3. The van der Waals surface area contributed by atoms with Gasteiger partial charge in [-0.15, -0.1) is 0 Å². The molecule has 3 heteroatoms. The van der Waals surface area contributed by atoms with Crippen molar-refractivity contribution >= 4 is 0 Å². The van der Waals surface area contributed by atoms with Gasteiger partial charge in [0.1, 0.15) is 0 Å². The highest BCUT2D eigenvalue weighted by Gasteiger charge is 2.04. The molecule has 1 atom stereocenters. The van der Waals surface area contributed by atoms with Gasteiger partial charge in [0.2, 0.25) is 0 Å². The van der Waals surface area contributed by atoms with Gasteiger partial charge in [0.05, 0.1) is 13.2 Å². The number of hydrogen-bond donors (Lipinski definition) is 1. The van der Waals surface area contributed by atoms with Gasteiger partial charge < -0.3 is 15.4 Å². The molecule has 0 amide bonds. The minimum atomic E-state index is 0.272. The predicted octanol–water partition coefficient (Wildman–Crippen LogP) is 1.87. The van der Waals surface area contributed by atoms with Crippen LogP contribution in [0.2, 0.25) is 0 Å². The van der Waals surface area contributed by atoms with Crippen molar-refractivity contribution < 1.29 is 4.74 Å². The zero-order valence-corrected chi connectivity index (χ0v) is 10.9. The van der Waals surface area contributed by atoms with Crippen LogP contribution in [0.5, 0.6) is 0 Å². The second kappa shape index (κ2) is 8.23. The molecule has 0 aliphatic heterocycles. The molecule has 0 bridgehead atoms. The second-order valence-corrected chi connectivity index (χ2v) is 4.47. The molecule has 0 spiro atoms. The molecule has 1 aromatic rings. The maximum atomic E-state index is 5.89. The second-order valence-electron chi connectivity index (χ2n) is 4.47. The molecular formula is C14H24N2O. The summed E-state index contributed by atoms with van der Waals surface area (Å²) in [6, 6.07) is 10.5. The SMILES string of the molecule is CC[C@@H](N)CN(C)CCOCc1ccccc1. The summed E-state index contributed by atoms with van der Waals surface area (Å²) in [5, 5.41) is 0. The van der Waals surface area contributed by atoms with Gasteiger partial charge in [0.15, 0.2) is 0 Å². The van der Waals surface area contributed by atoms with Gasteiger partial charge in [-0.1, -0.05) is 37.3 Å². The van der Waals surface area contributed by atoms with E-state index >= 15 is 0 Å². The monoisotopic (exact) mass is 236 g/mol. The lowest BCUT2D eigenvalue weighted by Gasteiger charge is -2.20. The molecule has 0 heterocycles. The van der Waals surface area contributed by atoms with Crippen molar-refractivity contribution in [1.82, 2.24) is 4.90 Å². The largest absolute Gasteiger partial charge is 0.375 e. The lowest BCUT2D eigenvalue weighted by atomic mass is 10.2. The van der Waals surface area contributed by atoms with E-state index in [0.29, 0.717) is 6.61 Å². The molecule has 1 rings (SSSR count). The van der Waals surface area contributed by atoms with E-state index in [-0.39, 0.29) is 6.04 Å². The summed E-state index contributed by atoms with van der Waals surface area (Å²) >= 11 is 0. The van der Waals surface area contributed by atoms with Crippen LogP contribution in [-0.4, -0.2) is 37.7 Å². The van der Waals surface area contributed by atoms with Crippen molar-refractivity contribution in [1.29, 1.82) is 0 Å². The standard InChI is InChI=1S/C14H24N2O/c1-3-14(15)11-16(2)9-10-17-12-13-7-5-4-6-8-13/h4-8,14H,3,9-12,15H2,1-2H3/t14-/m1/s1. The highest BCUT2D eigenvalue weighted by atomic mass is 16.5. The van der Waals surface area contributed by atoms with Gasteiger partial charge >= 0.3 is 0 Å². The Morgan fingerprint density at radius 3 is 2.65 bits per heavy atom. The predicted molar refractivity (Wildman–Crippen MR) is 71.9 cm³/mol. The Kier molecular flexibility index (Phi) is 6.86. The van der Waals surface area contributed by atoms with Crippen molar-refractivity contribution in [2.24, 2.45) is 5.73 Å². The number of nitrogens with two attached hydrogens (primary N) is 1. The Morgan fingerprint density at radius 2 is 2.00 bits per heavy atom. The van der Waals surface area contributed by atoms with Crippen LogP contribution in [0.1, 0.15) is 18.9 Å². The first kappa shape index (κ1) is 14.2. The number of nitrogens with zero attached hydrogens (tertiary/aromatic N) is 1. The number of rotatable bonds is 8. The molecule has 0 aromatic heterocycles. The average molecular weight is 236 g/mol. The van der Waals surface area contributed by atoms with Crippen molar-refractivity contribution in [3.63, 3.8) is 0 Å². The summed E-state index contributed by atoms with van der Waals surface area (Å²) in [5.74, 6) is 0. The molecule has 3 nitrogen and oxygen atoms in total. The Balaban J connectivity index is 2.08. The van der Waals surface area contributed by atoms with Crippen LogP contribution in [0.15, 0.2) is 30.3 Å². The number of ether oxygens (including phenoxy) is 1. The fourth-order valence-corrected chi connectivity index (χ4v) is 1.61. The third-order valence-corrected chi connectivity index (χ3v) is 2.80. The summed E-state index contributed by atoms with van der Waals surface area (Å²) < 4.78 is 5.62. The third kappa shape index (κ3) is 6.41. The van der Waals surface area contributed by atoms with Crippen molar-refractivity contribution in [3.05, 3.63) is 35.9 Å². The van der Waals surface area contributed by atoms with E-state index in [2.05, 4.69) is 31.0 Å². The first-order chi connectivity index (χ1) is 8.22. The maximum absolute atomic E-state index is 5.89.